The molecule has 0 aromatic rings. The minimum absolute atomic E-state index is 0.324. The summed E-state index contributed by atoms with van der Waals surface area (Å²) >= 11 is 0. The number of nitrogens with zero attached hydrogens (tertiary/aromatic N) is 1. The highest BCUT2D eigenvalue weighted by Gasteiger charge is 1.99. The van der Waals surface area contributed by atoms with Gasteiger partial charge in [-0.3, -0.25) is 4.99 Å². The van der Waals surface area contributed by atoms with Crippen molar-refractivity contribution in [3.63, 3.8) is 0 Å². The number of aliphatic imine (C=N–C) groups is 1. The van der Waals surface area contributed by atoms with Crippen LogP contribution in [0, 0.1) is 0 Å². The van der Waals surface area contributed by atoms with Crippen molar-refractivity contribution in [1.82, 2.24) is 0 Å². The maximum Gasteiger partial charge on any atom is 0.337 e. The Kier molecular flexibility index (Phi) is 6.51. The average Bonchev–Trinajstić information content (AvgIpc) is 2.16. The van der Waals surface area contributed by atoms with Gasteiger partial charge in [0.25, 0.3) is 0 Å². The molecule has 72 valence electrons. The number of hydrogen-bond donors (Lipinski definition) is 0. The summed E-state index contributed by atoms with van der Waals surface area (Å²) in [7, 11) is 1.33. The van der Waals surface area contributed by atoms with Crippen molar-refractivity contribution in [3.05, 3.63) is 24.3 Å². The number of allylic oxidation sites excluding steroid dienone is 1. The monoisotopic (exact) mass is 181 g/mol. The fourth-order valence-electron chi connectivity index (χ4n) is 0.623. The molecule has 0 rings (SSSR count). The number of hydrogen-bond acceptors (Lipinski definition) is 3. The van der Waals surface area contributed by atoms with Crippen LogP contribution in [-0.4, -0.2) is 25.8 Å². The van der Waals surface area contributed by atoms with Crippen molar-refractivity contribution >= 4 is 12.2 Å². The van der Waals surface area contributed by atoms with Crippen molar-refractivity contribution in [1.29, 1.82) is 0 Å². The van der Waals surface area contributed by atoms with Gasteiger partial charge in [-0.2, -0.15) is 0 Å². The molecule has 3 nitrogen and oxygen atoms in total. The van der Waals surface area contributed by atoms with E-state index in [1.54, 1.807) is 18.4 Å². The maximum absolute atomic E-state index is 10.8. The summed E-state index contributed by atoms with van der Waals surface area (Å²) in [4.78, 5) is 14.9. The van der Waals surface area contributed by atoms with E-state index in [4.69, 9.17) is 0 Å². The van der Waals surface area contributed by atoms with E-state index < -0.39 is 5.97 Å². The van der Waals surface area contributed by atoms with E-state index >= 15 is 0 Å². The van der Waals surface area contributed by atoms with Crippen molar-refractivity contribution < 1.29 is 9.53 Å². The molecule has 0 saturated heterocycles. The summed E-state index contributed by atoms with van der Waals surface area (Å²) in [6.45, 7) is 6.37. The molecule has 0 aliphatic heterocycles. The van der Waals surface area contributed by atoms with Gasteiger partial charge in [0.1, 0.15) is 0 Å². The average molecular weight is 181 g/mol. The summed E-state index contributed by atoms with van der Waals surface area (Å²) < 4.78 is 4.46. The highest BCUT2D eigenvalue weighted by atomic mass is 16.5. The number of methoxy groups -OCH3 is 1. The van der Waals surface area contributed by atoms with Crippen LogP contribution in [0.15, 0.2) is 29.3 Å². The second-order valence-corrected chi connectivity index (χ2v) is 2.43. The topological polar surface area (TPSA) is 38.7 Å². The Morgan fingerprint density at radius 3 is 2.85 bits per heavy atom. The van der Waals surface area contributed by atoms with Crippen LogP contribution >= 0.6 is 0 Å². The zero-order valence-corrected chi connectivity index (χ0v) is 8.12. The summed E-state index contributed by atoms with van der Waals surface area (Å²) in [6.07, 6.45) is 5.92. The number of ether oxygens (including phenoxy) is 1. The van der Waals surface area contributed by atoms with Crippen molar-refractivity contribution in [2.45, 2.75) is 13.3 Å². The molecule has 0 aliphatic rings. The van der Waals surface area contributed by atoms with Gasteiger partial charge in [-0.25, -0.2) is 4.79 Å². The number of carbonyl (C=O) groups excluding carboxylic acids is 1. The molecule has 0 heterocycles. The predicted octanol–water partition coefficient (Wildman–Crippen LogP) is 1.75. The third-order valence-corrected chi connectivity index (χ3v) is 1.29. The standard InChI is InChI=1S/C10H15NO2/c1-4-7-11-8-5-6-9(2)10(12)13-3/h5-6,8H,2,4,7H2,1,3H3. The molecule has 0 aromatic carbocycles. The number of carbonyl (C=O) groups is 1. The normalized spacial score (nSPS) is 10.9. The number of esters is 1. The van der Waals surface area contributed by atoms with Crippen LogP contribution in [0.5, 0.6) is 0 Å². The van der Waals surface area contributed by atoms with Gasteiger partial charge in [-0.05, 0) is 18.6 Å². The zero-order valence-electron chi connectivity index (χ0n) is 8.12. The van der Waals surface area contributed by atoms with Crippen molar-refractivity contribution in [3.8, 4) is 0 Å². The maximum atomic E-state index is 10.8. The van der Waals surface area contributed by atoms with E-state index in [-0.39, 0.29) is 0 Å². The van der Waals surface area contributed by atoms with Gasteiger partial charge in [0.2, 0.25) is 0 Å². The molecule has 0 radical (unpaired) electrons. The van der Waals surface area contributed by atoms with Gasteiger partial charge >= 0.3 is 5.97 Å². The van der Waals surface area contributed by atoms with Crippen LogP contribution < -0.4 is 0 Å². The molecule has 0 unspecified atom stereocenters. The molecule has 0 aliphatic carbocycles. The highest BCUT2D eigenvalue weighted by Crippen LogP contribution is 1.94. The lowest BCUT2D eigenvalue weighted by molar-refractivity contribution is -0.135. The molecule has 0 bridgehead atoms. The lowest BCUT2D eigenvalue weighted by Gasteiger charge is -1.94. The first kappa shape index (κ1) is 11.6. The van der Waals surface area contributed by atoms with Gasteiger partial charge in [0.05, 0.1) is 12.7 Å². The van der Waals surface area contributed by atoms with Gasteiger partial charge in [0.15, 0.2) is 0 Å². The largest absolute Gasteiger partial charge is 0.465 e. The molecule has 0 aromatic heterocycles. The second-order valence-electron chi connectivity index (χ2n) is 2.43. The van der Waals surface area contributed by atoms with Crippen LogP contribution in [-0.2, 0) is 9.53 Å². The first-order valence-corrected chi connectivity index (χ1v) is 4.16. The van der Waals surface area contributed by atoms with E-state index in [9.17, 15) is 4.79 Å². The van der Waals surface area contributed by atoms with Gasteiger partial charge in [-0.1, -0.05) is 13.5 Å². The fourth-order valence-corrected chi connectivity index (χ4v) is 0.623. The Hall–Kier alpha value is -1.38. The number of rotatable bonds is 5. The Bertz CT molecular complexity index is 229. The van der Waals surface area contributed by atoms with Gasteiger partial charge < -0.3 is 4.74 Å². The molecule has 3 heteroatoms. The van der Waals surface area contributed by atoms with Crippen LogP contribution in [0.3, 0.4) is 0 Å². The fraction of sp³-hybridized carbons (Fsp3) is 0.400. The molecule has 0 fully saturated rings. The third kappa shape index (κ3) is 5.84. The lowest BCUT2D eigenvalue weighted by atomic mass is 10.3. The SMILES string of the molecule is C=C(C=CC=NCCC)C(=O)OC. The summed E-state index contributed by atoms with van der Waals surface area (Å²) in [5, 5.41) is 0. The van der Waals surface area contributed by atoms with E-state index in [2.05, 4.69) is 23.2 Å². The Labute approximate surface area is 78.8 Å². The molecule has 0 spiro atoms. The Morgan fingerprint density at radius 2 is 2.31 bits per heavy atom. The Morgan fingerprint density at radius 1 is 1.62 bits per heavy atom. The second kappa shape index (κ2) is 7.28. The smallest absolute Gasteiger partial charge is 0.337 e. The van der Waals surface area contributed by atoms with Gasteiger partial charge in [-0.15, -0.1) is 0 Å². The first-order chi connectivity index (χ1) is 6.22. The van der Waals surface area contributed by atoms with E-state index in [1.807, 2.05) is 0 Å². The molecule has 0 N–H and O–H groups in total. The van der Waals surface area contributed by atoms with E-state index in [0.717, 1.165) is 13.0 Å². The van der Waals surface area contributed by atoms with Gasteiger partial charge in [0, 0.05) is 12.8 Å². The summed E-state index contributed by atoms with van der Waals surface area (Å²) in [5.41, 5.74) is 0.324. The molecule has 0 saturated carbocycles. The van der Waals surface area contributed by atoms with Crippen molar-refractivity contribution in [2.24, 2.45) is 4.99 Å². The van der Waals surface area contributed by atoms with Crippen LogP contribution in [0.4, 0.5) is 0 Å². The minimum Gasteiger partial charge on any atom is -0.465 e. The lowest BCUT2D eigenvalue weighted by Crippen LogP contribution is -2.00. The molecular weight excluding hydrogens is 166 g/mol. The predicted molar refractivity (Wildman–Crippen MR) is 53.9 cm³/mol. The summed E-state index contributed by atoms with van der Waals surface area (Å²) in [5.74, 6) is -0.417. The first-order valence-electron chi connectivity index (χ1n) is 4.16. The summed E-state index contributed by atoms with van der Waals surface area (Å²) in [6, 6.07) is 0. The Balaban J connectivity index is 3.84. The minimum atomic E-state index is -0.417. The van der Waals surface area contributed by atoms with Crippen LogP contribution in [0.1, 0.15) is 13.3 Å². The van der Waals surface area contributed by atoms with E-state index in [1.165, 1.54) is 7.11 Å². The van der Waals surface area contributed by atoms with Crippen molar-refractivity contribution in [2.75, 3.05) is 13.7 Å². The highest BCUT2D eigenvalue weighted by molar-refractivity contribution is 5.91. The third-order valence-electron chi connectivity index (χ3n) is 1.29. The van der Waals surface area contributed by atoms with Crippen LogP contribution in [0.2, 0.25) is 0 Å². The quantitative estimate of drug-likeness (QED) is 0.280. The molecule has 0 amide bonds. The zero-order chi connectivity index (χ0) is 10.1. The molecule has 0 atom stereocenters. The van der Waals surface area contributed by atoms with Crippen LogP contribution in [0.25, 0.3) is 0 Å². The molecular formula is C10H15NO2. The van der Waals surface area contributed by atoms with E-state index in [0.29, 0.717) is 5.57 Å². The molecule has 13 heavy (non-hydrogen) atoms.